The van der Waals surface area contributed by atoms with Gasteiger partial charge in [0, 0.05) is 36.5 Å². The molecule has 3 aromatic rings. The molecule has 1 aliphatic heterocycles. The maximum atomic E-state index is 12.0. The van der Waals surface area contributed by atoms with Crippen molar-refractivity contribution in [2.75, 3.05) is 23.3 Å². The monoisotopic (exact) mass is 454 g/mol. The van der Waals surface area contributed by atoms with Crippen molar-refractivity contribution in [1.82, 2.24) is 20.3 Å². The molecule has 1 aliphatic rings. The molecule has 0 aliphatic carbocycles. The summed E-state index contributed by atoms with van der Waals surface area (Å²) in [6.45, 7) is 5.78. The zero-order chi connectivity index (χ0) is 22.5. The molecule has 1 unspecified atom stereocenters. The molecule has 0 saturated carbocycles. The number of benzene rings is 1. The first kappa shape index (κ1) is 22.1. The number of rotatable bonds is 6. The quantitative estimate of drug-likeness (QED) is 0.570. The number of hydrogen-bond acceptors (Lipinski definition) is 7. The number of anilines is 2. The number of alkyl carbamates (subject to hydrolysis) is 1. The van der Waals surface area contributed by atoms with Crippen LogP contribution in [-0.4, -0.2) is 46.3 Å². The zero-order valence-corrected chi connectivity index (χ0v) is 19.0. The molecule has 1 saturated heterocycles. The van der Waals surface area contributed by atoms with Gasteiger partial charge in [0.1, 0.15) is 11.9 Å². The van der Waals surface area contributed by atoms with E-state index in [0.29, 0.717) is 24.1 Å². The molecule has 1 atom stereocenters. The van der Waals surface area contributed by atoms with Crippen molar-refractivity contribution in [3.63, 3.8) is 0 Å². The number of fused-ring (bicyclic) bond motifs is 1. The highest BCUT2D eigenvalue weighted by atomic mass is 35.5. The van der Waals surface area contributed by atoms with Crippen molar-refractivity contribution in [3.05, 3.63) is 53.3 Å². The Balaban J connectivity index is 1.47. The number of ether oxygens (including phenoxy) is 1. The molecular formula is C23H27ClN6O2. The molecule has 1 amide bonds. The Kier molecular flexibility index (Phi) is 6.90. The minimum Gasteiger partial charge on any atom is -0.444 e. The van der Waals surface area contributed by atoms with Gasteiger partial charge in [-0.15, -0.1) is 0 Å². The van der Waals surface area contributed by atoms with E-state index in [2.05, 4.69) is 30.5 Å². The fourth-order valence-corrected chi connectivity index (χ4v) is 3.95. The predicted molar refractivity (Wildman–Crippen MR) is 126 cm³/mol. The number of nitrogens with one attached hydrogen (secondary N) is 2. The van der Waals surface area contributed by atoms with Crippen LogP contribution in [0.15, 0.2) is 42.7 Å². The number of pyridine rings is 1. The van der Waals surface area contributed by atoms with Gasteiger partial charge in [-0.05, 0) is 44.4 Å². The standard InChI is InChI=1S/C23H27ClN6O2/c1-15(2)28-23(31)32-17-7-5-11-30(14-17)21-18-13-27-22(29-20(18)9-10-25-21)26-12-16-6-3-4-8-19(16)24/h3-4,6,8-10,13,15,17H,5,7,11-12,14H2,1-2H3,(H,28,31)(H,26,27,29). The Morgan fingerprint density at radius 2 is 2.12 bits per heavy atom. The molecule has 9 heteroatoms. The van der Waals surface area contributed by atoms with E-state index in [-0.39, 0.29) is 18.2 Å². The summed E-state index contributed by atoms with van der Waals surface area (Å²) in [6.07, 6.45) is 4.72. The molecule has 32 heavy (non-hydrogen) atoms. The van der Waals surface area contributed by atoms with Crippen LogP contribution in [0.25, 0.3) is 10.9 Å². The lowest BCUT2D eigenvalue weighted by Gasteiger charge is -2.33. The minimum absolute atomic E-state index is 0.0415. The third-order valence-corrected chi connectivity index (χ3v) is 5.61. The van der Waals surface area contributed by atoms with Crippen molar-refractivity contribution in [1.29, 1.82) is 0 Å². The van der Waals surface area contributed by atoms with Crippen LogP contribution in [0.3, 0.4) is 0 Å². The first-order chi connectivity index (χ1) is 15.5. The van der Waals surface area contributed by atoms with Gasteiger partial charge < -0.3 is 20.3 Å². The molecule has 2 aromatic heterocycles. The highest BCUT2D eigenvalue weighted by Gasteiger charge is 2.25. The number of nitrogens with zero attached hydrogens (tertiary/aromatic N) is 4. The molecule has 2 N–H and O–H groups in total. The second-order valence-corrected chi connectivity index (χ2v) is 8.53. The molecule has 1 fully saturated rings. The summed E-state index contributed by atoms with van der Waals surface area (Å²) >= 11 is 6.23. The fraction of sp³-hybridized carbons (Fsp3) is 0.391. The second-order valence-electron chi connectivity index (χ2n) is 8.12. The van der Waals surface area contributed by atoms with E-state index in [0.717, 1.165) is 41.7 Å². The average Bonchev–Trinajstić information content (AvgIpc) is 2.77. The van der Waals surface area contributed by atoms with Crippen molar-refractivity contribution in [2.24, 2.45) is 0 Å². The topological polar surface area (TPSA) is 92.3 Å². The summed E-state index contributed by atoms with van der Waals surface area (Å²) in [5.74, 6) is 1.33. The van der Waals surface area contributed by atoms with Crippen LogP contribution in [0.1, 0.15) is 32.3 Å². The summed E-state index contributed by atoms with van der Waals surface area (Å²) in [4.78, 5) is 27.8. The van der Waals surface area contributed by atoms with Gasteiger partial charge >= 0.3 is 6.09 Å². The van der Waals surface area contributed by atoms with E-state index in [1.54, 1.807) is 12.4 Å². The summed E-state index contributed by atoms with van der Waals surface area (Å²) < 4.78 is 5.60. The normalized spacial score (nSPS) is 16.2. The molecule has 168 valence electrons. The fourth-order valence-electron chi connectivity index (χ4n) is 3.74. The van der Waals surface area contributed by atoms with Gasteiger partial charge in [-0.25, -0.2) is 19.7 Å². The van der Waals surface area contributed by atoms with Gasteiger partial charge in [0.2, 0.25) is 5.95 Å². The molecular weight excluding hydrogens is 428 g/mol. The highest BCUT2D eigenvalue weighted by Crippen LogP contribution is 2.27. The third-order valence-electron chi connectivity index (χ3n) is 5.24. The lowest BCUT2D eigenvalue weighted by molar-refractivity contribution is 0.0865. The highest BCUT2D eigenvalue weighted by molar-refractivity contribution is 6.31. The lowest BCUT2D eigenvalue weighted by Crippen LogP contribution is -2.43. The van der Waals surface area contributed by atoms with Gasteiger partial charge in [0.25, 0.3) is 0 Å². The molecule has 8 nitrogen and oxygen atoms in total. The number of hydrogen-bond donors (Lipinski definition) is 2. The number of piperidine rings is 1. The van der Waals surface area contributed by atoms with Crippen molar-refractivity contribution in [2.45, 2.75) is 45.4 Å². The maximum Gasteiger partial charge on any atom is 0.407 e. The molecule has 3 heterocycles. The molecule has 4 rings (SSSR count). The van der Waals surface area contributed by atoms with Crippen LogP contribution in [-0.2, 0) is 11.3 Å². The van der Waals surface area contributed by atoms with Crippen LogP contribution in [0, 0.1) is 0 Å². The summed E-state index contributed by atoms with van der Waals surface area (Å²) in [6, 6.07) is 9.59. The van der Waals surface area contributed by atoms with Crippen molar-refractivity contribution >= 4 is 40.4 Å². The van der Waals surface area contributed by atoms with Gasteiger partial charge in [0.05, 0.1) is 17.4 Å². The summed E-state index contributed by atoms with van der Waals surface area (Å²) in [5, 5.41) is 7.58. The zero-order valence-electron chi connectivity index (χ0n) is 18.2. The van der Waals surface area contributed by atoms with E-state index in [1.165, 1.54) is 0 Å². The molecule has 0 radical (unpaired) electrons. The lowest BCUT2D eigenvalue weighted by atomic mass is 10.1. The number of carbonyl (C=O) groups is 1. The van der Waals surface area contributed by atoms with Gasteiger partial charge in [-0.1, -0.05) is 29.8 Å². The first-order valence-electron chi connectivity index (χ1n) is 10.8. The van der Waals surface area contributed by atoms with E-state index in [9.17, 15) is 4.79 Å². The summed E-state index contributed by atoms with van der Waals surface area (Å²) in [5.41, 5.74) is 1.78. The maximum absolute atomic E-state index is 12.0. The SMILES string of the molecule is CC(C)NC(=O)OC1CCCN(c2nccc3nc(NCc4ccccc4Cl)ncc23)C1. The van der Waals surface area contributed by atoms with Gasteiger partial charge in [0.15, 0.2) is 0 Å². The van der Waals surface area contributed by atoms with Crippen LogP contribution >= 0.6 is 11.6 Å². The van der Waals surface area contributed by atoms with E-state index in [1.807, 2.05) is 44.2 Å². The Morgan fingerprint density at radius 1 is 1.28 bits per heavy atom. The number of aromatic nitrogens is 3. The number of amides is 1. The smallest absolute Gasteiger partial charge is 0.407 e. The van der Waals surface area contributed by atoms with Crippen LogP contribution in [0.2, 0.25) is 5.02 Å². The second kappa shape index (κ2) is 9.99. The third kappa shape index (κ3) is 5.37. The van der Waals surface area contributed by atoms with E-state index in [4.69, 9.17) is 16.3 Å². The van der Waals surface area contributed by atoms with Crippen LogP contribution < -0.4 is 15.5 Å². The summed E-state index contributed by atoms with van der Waals surface area (Å²) in [7, 11) is 0. The van der Waals surface area contributed by atoms with Gasteiger partial charge in [-0.2, -0.15) is 0 Å². The molecule has 0 bridgehead atoms. The van der Waals surface area contributed by atoms with Crippen molar-refractivity contribution in [3.8, 4) is 0 Å². The Hall–Kier alpha value is -3.13. The number of halogens is 1. The Bertz CT molecular complexity index is 1090. The van der Waals surface area contributed by atoms with Crippen molar-refractivity contribution < 1.29 is 9.53 Å². The van der Waals surface area contributed by atoms with Crippen LogP contribution in [0.4, 0.5) is 16.6 Å². The van der Waals surface area contributed by atoms with Gasteiger partial charge in [-0.3, -0.25) is 0 Å². The number of carbonyl (C=O) groups excluding carboxylic acids is 1. The predicted octanol–water partition coefficient (Wildman–Crippen LogP) is 4.39. The Morgan fingerprint density at radius 3 is 2.94 bits per heavy atom. The van der Waals surface area contributed by atoms with E-state index >= 15 is 0 Å². The largest absolute Gasteiger partial charge is 0.444 e. The Labute approximate surface area is 192 Å². The molecule has 1 aromatic carbocycles. The first-order valence-corrected chi connectivity index (χ1v) is 11.2. The average molecular weight is 455 g/mol. The van der Waals surface area contributed by atoms with E-state index < -0.39 is 0 Å². The molecule has 0 spiro atoms. The minimum atomic E-state index is -0.379. The van der Waals surface area contributed by atoms with Crippen LogP contribution in [0.5, 0.6) is 0 Å².